The molecule has 0 aromatic carbocycles. The van der Waals surface area contributed by atoms with E-state index in [0.717, 1.165) is 11.3 Å². The maximum atomic E-state index is 12.0. The number of carbonyl (C=O) groups excluding carboxylic acids is 1. The number of halogens is 1. The van der Waals surface area contributed by atoms with Gasteiger partial charge in [0.05, 0.1) is 16.4 Å². The van der Waals surface area contributed by atoms with Gasteiger partial charge in [-0.05, 0) is 13.0 Å². The zero-order valence-corrected chi connectivity index (χ0v) is 12.7. The number of thiophene rings is 1. The number of amides is 1. The quantitative estimate of drug-likeness (QED) is 0.777. The first-order valence-corrected chi connectivity index (χ1v) is 8.19. The minimum absolute atomic E-state index is 0.00217. The van der Waals surface area contributed by atoms with Gasteiger partial charge in [0.15, 0.2) is 0 Å². The summed E-state index contributed by atoms with van der Waals surface area (Å²) in [5.41, 5.74) is 0. The first-order chi connectivity index (χ1) is 8.27. The second-order valence-electron chi connectivity index (χ2n) is 3.69. The molecule has 0 spiro atoms. The SMILES string of the molecule is COCCN(C)C(=O)c1cc(S(=O)(=O)Cl)c(C)s1. The lowest BCUT2D eigenvalue weighted by Crippen LogP contribution is -2.29. The Labute approximate surface area is 115 Å². The molecule has 1 aromatic rings. The average molecular weight is 312 g/mol. The van der Waals surface area contributed by atoms with Crippen LogP contribution < -0.4 is 0 Å². The van der Waals surface area contributed by atoms with Crippen LogP contribution in [0.2, 0.25) is 0 Å². The number of rotatable bonds is 5. The van der Waals surface area contributed by atoms with Crippen molar-refractivity contribution in [2.24, 2.45) is 0 Å². The fraction of sp³-hybridized carbons (Fsp3) is 0.500. The molecule has 0 aliphatic heterocycles. The molecule has 1 aromatic heterocycles. The van der Waals surface area contributed by atoms with E-state index < -0.39 is 9.05 Å². The fourth-order valence-corrected chi connectivity index (χ4v) is 3.99. The molecule has 1 rings (SSSR count). The van der Waals surface area contributed by atoms with Gasteiger partial charge >= 0.3 is 0 Å². The van der Waals surface area contributed by atoms with Crippen molar-refractivity contribution in [1.29, 1.82) is 0 Å². The highest BCUT2D eigenvalue weighted by Gasteiger charge is 2.21. The molecule has 102 valence electrons. The van der Waals surface area contributed by atoms with E-state index in [1.165, 1.54) is 11.0 Å². The normalized spacial score (nSPS) is 11.6. The van der Waals surface area contributed by atoms with Gasteiger partial charge in [-0.15, -0.1) is 11.3 Å². The minimum Gasteiger partial charge on any atom is -0.383 e. The molecular formula is C10H14ClNO4S2. The standard InChI is InChI=1S/C10H14ClNO4S2/c1-7-9(18(11,14)15)6-8(17-7)10(13)12(2)4-5-16-3/h6H,4-5H2,1-3H3. The van der Waals surface area contributed by atoms with E-state index in [0.29, 0.717) is 22.9 Å². The topological polar surface area (TPSA) is 63.7 Å². The Morgan fingerprint density at radius 2 is 2.17 bits per heavy atom. The number of ether oxygens (including phenoxy) is 1. The number of hydrogen-bond acceptors (Lipinski definition) is 5. The molecule has 1 heterocycles. The number of hydrogen-bond donors (Lipinski definition) is 0. The van der Waals surface area contributed by atoms with Gasteiger partial charge < -0.3 is 9.64 Å². The summed E-state index contributed by atoms with van der Waals surface area (Å²) in [4.78, 5) is 14.3. The largest absolute Gasteiger partial charge is 0.383 e. The van der Waals surface area contributed by atoms with Crippen molar-refractivity contribution in [3.63, 3.8) is 0 Å². The Hall–Kier alpha value is -0.630. The molecule has 0 unspecified atom stereocenters. The zero-order valence-electron chi connectivity index (χ0n) is 10.3. The maximum Gasteiger partial charge on any atom is 0.263 e. The van der Waals surface area contributed by atoms with Gasteiger partial charge in [-0.25, -0.2) is 8.42 Å². The monoisotopic (exact) mass is 311 g/mol. The third-order valence-corrected chi connectivity index (χ3v) is 4.94. The van der Waals surface area contributed by atoms with Crippen molar-refractivity contribution < 1.29 is 17.9 Å². The van der Waals surface area contributed by atoms with Gasteiger partial charge in [0.2, 0.25) is 0 Å². The fourth-order valence-electron chi connectivity index (χ4n) is 1.33. The molecule has 0 bridgehead atoms. The second-order valence-corrected chi connectivity index (χ2v) is 7.48. The Kier molecular flexibility index (Phi) is 5.15. The Bertz CT molecular complexity index is 538. The van der Waals surface area contributed by atoms with E-state index in [1.54, 1.807) is 21.1 Å². The molecule has 8 heteroatoms. The lowest BCUT2D eigenvalue weighted by Gasteiger charge is -2.15. The molecule has 1 amide bonds. The van der Waals surface area contributed by atoms with Gasteiger partial charge in [0.25, 0.3) is 15.0 Å². The molecule has 0 fully saturated rings. The summed E-state index contributed by atoms with van der Waals surface area (Å²) in [6, 6.07) is 1.31. The van der Waals surface area contributed by atoms with Gasteiger partial charge in [-0.3, -0.25) is 4.79 Å². The third-order valence-electron chi connectivity index (χ3n) is 2.32. The van der Waals surface area contributed by atoms with Crippen LogP contribution in [0.15, 0.2) is 11.0 Å². The van der Waals surface area contributed by atoms with Crippen LogP contribution >= 0.6 is 22.0 Å². The van der Waals surface area contributed by atoms with E-state index in [-0.39, 0.29) is 10.8 Å². The number of aryl methyl sites for hydroxylation is 1. The van der Waals surface area contributed by atoms with Crippen molar-refractivity contribution in [2.75, 3.05) is 27.3 Å². The van der Waals surface area contributed by atoms with E-state index in [1.807, 2.05) is 0 Å². The van der Waals surface area contributed by atoms with Gasteiger partial charge in [-0.2, -0.15) is 0 Å². The molecule has 0 aliphatic carbocycles. The van der Waals surface area contributed by atoms with Crippen LogP contribution in [-0.4, -0.2) is 46.5 Å². The number of carbonyl (C=O) groups is 1. The van der Waals surface area contributed by atoms with Crippen LogP contribution in [0.3, 0.4) is 0 Å². The molecule has 0 atom stereocenters. The summed E-state index contributed by atoms with van der Waals surface area (Å²) in [7, 11) is 4.66. The van der Waals surface area contributed by atoms with E-state index in [2.05, 4.69) is 0 Å². The summed E-state index contributed by atoms with van der Waals surface area (Å²) < 4.78 is 27.4. The van der Waals surface area contributed by atoms with Gasteiger partial charge in [-0.1, -0.05) is 0 Å². The predicted octanol–water partition coefficient (Wildman–Crippen LogP) is 1.70. The molecule has 5 nitrogen and oxygen atoms in total. The number of nitrogens with zero attached hydrogens (tertiary/aromatic N) is 1. The highest BCUT2D eigenvalue weighted by molar-refractivity contribution is 8.13. The Morgan fingerprint density at radius 3 is 2.61 bits per heavy atom. The highest BCUT2D eigenvalue weighted by Crippen LogP contribution is 2.28. The zero-order chi connectivity index (χ0) is 13.9. The molecule has 0 saturated heterocycles. The van der Waals surface area contributed by atoms with Crippen LogP contribution in [-0.2, 0) is 13.8 Å². The lowest BCUT2D eigenvalue weighted by molar-refractivity contribution is 0.0749. The molecular weight excluding hydrogens is 298 g/mol. The van der Waals surface area contributed by atoms with Crippen molar-refractivity contribution in [3.05, 3.63) is 15.8 Å². The van der Waals surface area contributed by atoms with Gasteiger partial charge in [0.1, 0.15) is 0 Å². The van der Waals surface area contributed by atoms with Crippen LogP contribution in [0, 0.1) is 6.92 Å². The molecule has 18 heavy (non-hydrogen) atoms. The summed E-state index contributed by atoms with van der Waals surface area (Å²) in [5.74, 6) is -0.244. The summed E-state index contributed by atoms with van der Waals surface area (Å²) >= 11 is 1.12. The van der Waals surface area contributed by atoms with Crippen molar-refractivity contribution in [2.45, 2.75) is 11.8 Å². The number of methoxy groups -OCH3 is 1. The first-order valence-electron chi connectivity index (χ1n) is 5.07. The first kappa shape index (κ1) is 15.4. The van der Waals surface area contributed by atoms with Crippen molar-refractivity contribution >= 4 is 37.0 Å². The summed E-state index contributed by atoms with van der Waals surface area (Å²) in [5, 5.41) is 0. The van der Waals surface area contributed by atoms with Crippen LogP contribution in [0.1, 0.15) is 14.5 Å². The van der Waals surface area contributed by atoms with Gasteiger partial charge in [0, 0.05) is 36.3 Å². The average Bonchev–Trinajstić information content (AvgIpc) is 2.66. The van der Waals surface area contributed by atoms with Crippen molar-refractivity contribution in [1.82, 2.24) is 4.90 Å². The summed E-state index contributed by atoms with van der Waals surface area (Å²) in [6.07, 6.45) is 0. The maximum absolute atomic E-state index is 12.0. The van der Waals surface area contributed by atoms with E-state index in [9.17, 15) is 13.2 Å². The van der Waals surface area contributed by atoms with Crippen LogP contribution in [0.25, 0.3) is 0 Å². The van der Waals surface area contributed by atoms with E-state index in [4.69, 9.17) is 15.4 Å². The highest BCUT2D eigenvalue weighted by atomic mass is 35.7. The third kappa shape index (κ3) is 3.68. The molecule has 0 N–H and O–H groups in total. The molecule has 0 aliphatic rings. The predicted molar refractivity (Wildman–Crippen MR) is 70.9 cm³/mol. The minimum atomic E-state index is -3.80. The molecule has 0 radical (unpaired) electrons. The lowest BCUT2D eigenvalue weighted by atomic mass is 10.4. The Balaban J connectivity index is 2.95. The second kappa shape index (κ2) is 6.01. The van der Waals surface area contributed by atoms with Crippen LogP contribution in [0.4, 0.5) is 0 Å². The number of likely N-dealkylation sites (N-methyl/N-ethyl adjacent to an activating group) is 1. The summed E-state index contributed by atoms with van der Waals surface area (Å²) in [6.45, 7) is 2.48. The Morgan fingerprint density at radius 1 is 1.56 bits per heavy atom. The van der Waals surface area contributed by atoms with Crippen LogP contribution in [0.5, 0.6) is 0 Å². The van der Waals surface area contributed by atoms with Crippen molar-refractivity contribution in [3.8, 4) is 0 Å². The smallest absolute Gasteiger partial charge is 0.263 e. The van der Waals surface area contributed by atoms with E-state index >= 15 is 0 Å². The molecule has 0 saturated carbocycles.